The number of rotatable bonds is 4. The van der Waals surface area contributed by atoms with Crippen LogP contribution >= 0.6 is 0 Å². The summed E-state index contributed by atoms with van der Waals surface area (Å²) in [7, 11) is -0.537. The van der Waals surface area contributed by atoms with Crippen molar-refractivity contribution in [1.82, 2.24) is 9.97 Å². The van der Waals surface area contributed by atoms with Crippen molar-refractivity contribution in [2.75, 3.05) is 0 Å². The van der Waals surface area contributed by atoms with Gasteiger partial charge in [0.15, 0.2) is 0 Å². The average molecular weight is 269 g/mol. The Morgan fingerprint density at radius 3 is 2.00 bits per heavy atom. The van der Waals surface area contributed by atoms with E-state index in [-0.39, 0.29) is 0 Å². The zero-order valence-corrected chi connectivity index (χ0v) is 13.1. The molecule has 2 nitrogen and oxygen atoms in total. The lowest BCUT2D eigenvalue weighted by Gasteiger charge is -2.22. The third-order valence-electron chi connectivity index (χ3n) is 3.27. The minimum atomic E-state index is -0.537. The fourth-order valence-corrected chi connectivity index (χ4v) is 5.72. The third-order valence-corrected chi connectivity index (χ3v) is 6.72. The first-order chi connectivity index (χ1) is 9.09. The summed E-state index contributed by atoms with van der Waals surface area (Å²) in [4.78, 5) is 8.94. The van der Waals surface area contributed by atoms with E-state index in [0.29, 0.717) is 0 Å². The van der Waals surface area contributed by atoms with Gasteiger partial charge in [-0.05, 0) is 34.5 Å². The highest BCUT2D eigenvalue weighted by molar-refractivity contribution is 6.75. The van der Waals surface area contributed by atoms with Crippen LogP contribution in [0.5, 0.6) is 0 Å². The van der Waals surface area contributed by atoms with E-state index in [2.05, 4.69) is 56.0 Å². The molecule has 3 heteroatoms. The molecule has 0 bridgehead atoms. The van der Waals surface area contributed by atoms with E-state index in [1.54, 1.807) is 0 Å². The number of hydrogen-bond acceptors (Lipinski definition) is 2. The molecule has 0 aliphatic rings. The summed E-state index contributed by atoms with van der Waals surface area (Å²) in [6.45, 7) is 9.28. The molecule has 0 aliphatic carbocycles. The molecule has 0 aromatic carbocycles. The number of pyridine rings is 2. The quantitative estimate of drug-likeness (QED) is 0.792. The Kier molecular flexibility index (Phi) is 4.48. The third kappa shape index (κ3) is 3.29. The molecule has 2 rings (SSSR count). The molecule has 99 valence electrons. The lowest BCUT2D eigenvalue weighted by molar-refractivity contribution is 0.950. The molecule has 0 spiro atoms. The Labute approximate surface area is 117 Å². The molecule has 2 heterocycles. The van der Waals surface area contributed by atoms with E-state index < -0.39 is 8.80 Å². The first-order valence-electron chi connectivity index (χ1n) is 6.84. The van der Waals surface area contributed by atoms with Gasteiger partial charge in [0.25, 0.3) is 0 Å². The van der Waals surface area contributed by atoms with E-state index in [0.717, 1.165) is 22.5 Å². The van der Waals surface area contributed by atoms with Crippen LogP contribution in [0.2, 0.25) is 11.1 Å². The maximum Gasteiger partial charge on any atom is 0.0931 e. The highest BCUT2D eigenvalue weighted by atomic mass is 28.3. The average Bonchev–Trinajstić information content (AvgIpc) is 2.40. The highest BCUT2D eigenvalue weighted by Gasteiger charge is 2.22. The van der Waals surface area contributed by atoms with Gasteiger partial charge < -0.3 is 0 Å². The zero-order valence-electron chi connectivity index (χ0n) is 12.1. The molecule has 0 fully saturated rings. The number of hydrogen-bond donors (Lipinski definition) is 0. The minimum Gasteiger partial charge on any atom is -0.255 e. The summed E-state index contributed by atoms with van der Waals surface area (Å²) in [5.41, 5.74) is 3.36. The molecule has 2 aromatic rings. The van der Waals surface area contributed by atoms with Crippen LogP contribution in [0.15, 0.2) is 42.7 Å². The predicted molar refractivity (Wildman–Crippen MR) is 83.1 cm³/mol. The van der Waals surface area contributed by atoms with Crippen molar-refractivity contribution < 1.29 is 0 Å². The van der Waals surface area contributed by atoms with Crippen molar-refractivity contribution in [3.63, 3.8) is 0 Å². The van der Waals surface area contributed by atoms with Gasteiger partial charge in [-0.25, -0.2) is 0 Å². The minimum absolute atomic E-state index is 0.537. The van der Waals surface area contributed by atoms with Crippen molar-refractivity contribution >= 4 is 14.0 Å². The van der Waals surface area contributed by atoms with Gasteiger partial charge in [-0.3, -0.25) is 9.97 Å². The van der Waals surface area contributed by atoms with Gasteiger partial charge in [-0.15, -0.1) is 0 Å². The van der Waals surface area contributed by atoms with Crippen LogP contribution in [-0.2, 0) is 0 Å². The number of nitrogens with zero attached hydrogens (tertiary/aromatic N) is 2. The van der Waals surface area contributed by atoms with Crippen LogP contribution in [0.25, 0.3) is 11.4 Å². The molecule has 0 saturated carbocycles. The van der Waals surface area contributed by atoms with Crippen LogP contribution in [-0.4, -0.2) is 18.8 Å². The zero-order chi connectivity index (χ0) is 13.8. The maximum absolute atomic E-state index is 4.60. The lowest BCUT2D eigenvalue weighted by Crippen LogP contribution is -2.36. The number of aromatic nitrogens is 2. The smallest absolute Gasteiger partial charge is 0.0931 e. The van der Waals surface area contributed by atoms with Crippen LogP contribution < -0.4 is 5.19 Å². The van der Waals surface area contributed by atoms with Crippen LogP contribution in [0, 0.1) is 0 Å². The molecule has 0 aliphatic heterocycles. The first-order valence-corrected chi connectivity index (χ1v) is 8.49. The lowest BCUT2D eigenvalue weighted by atomic mass is 10.2. The van der Waals surface area contributed by atoms with Gasteiger partial charge in [0, 0.05) is 12.4 Å². The van der Waals surface area contributed by atoms with E-state index >= 15 is 0 Å². The molecule has 0 saturated heterocycles. The maximum atomic E-state index is 4.60. The summed E-state index contributed by atoms with van der Waals surface area (Å²) in [6, 6.07) is 10.3. The Bertz CT molecular complexity index is 498. The highest BCUT2D eigenvalue weighted by Crippen LogP contribution is 2.20. The molecule has 2 aromatic heterocycles. The van der Waals surface area contributed by atoms with Crippen molar-refractivity contribution in [3.8, 4) is 11.4 Å². The van der Waals surface area contributed by atoms with Gasteiger partial charge in [-0.1, -0.05) is 39.8 Å². The molecular formula is C16H21N2Si. The second-order valence-electron chi connectivity index (χ2n) is 5.41. The van der Waals surface area contributed by atoms with Gasteiger partial charge in [0.2, 0.25) is 0 Å². The van der Waals surface area contributed by atoms with Crippen LogP contribution in [0.4, 0.5) is 0 Å². The van der Waals surface area contributed by atoms with Crippen molar-refractivity contribution in [2.24, 2.45) is 0 Å². The summed E-state index contributed by atoms with van der Waals surface area (Å²) in [5, 5.41) is 1.43. The van der Waals surface area contributed by atoms with Crippen molar-refractivity contribution in [3.05, 3.63) is 42.7 Å². The van der Waals surface area contributed by atoms with Crippen molar-refractivity contribution in [1.29, 1.82) is 0 Å². The standard InChI is InChI=1S/C16H21N2Si/c1-12(2)19(13(3)4)14-8-9-16(18-11-14)15-7-5-6-10-17-15/h5-13H,1-4H3. The fraction of sp³-hybridized carbons (Fsp3) is 0.375. The van der Waals surface area contributed by atoms with E-state index in [1.807, 2.05) is 24.4 Å². The monoisotopic (exact) mass is 269 g/mol. The first kappa shape index (κ1) is 13.9. The Hall–Kier alpha value is -1.48. The largest absolute Gasteiger partial charge is 0.255 e. The molecular weight excluding hydrogens is 248 g/mol. The van der Waals surface area contributed by atoms with Crippen LogP contribution in [0.1, 0.15) is 27.7 Å². The summed E-state index contributed by atoms with van der Waals surface area (Å²) < 4.78 is 0. The van der Waals surface area contributed by atoms with Gasteiger partial charge >= 0.3 is 0 Å². The van der Waals surface area contributed by atoms with Gasteiger partial charge in [0.1, 0.15) is 0 Å². The second-order valence-corrected chi connectivity index (χ2v) is 9.21. The second kappa shape index (κ2) is 6.11. The van der Waals surface area contributed by atoms with Gasteiger partial charge in [-0.2, -0.15) is 0 Å². The molecule has 0 unspecified atom stereocenters. The van der Waals surface area contributed by atoms with E-state index in [9.17, 15) is 0 Å². The Balaban J connectivity index is 2.28. The predicted octanol–water partition coefficient (Wildman–Crippen LogP) is 3.67. The van der Waals surface area contributed by atoms with E-state index in [1.165, 1.54) is 5.19 Å². The molecule has 0 atom stereocenters. The summed E-state index contributed by atoms with van der Waals surface area (Å²) >= 11 is 0. The summed E-state index contributed by atoms with van der Waals surface area (Å²) in [5.74, 6) is 0. The van der Waals surface area contributed by atoms with Crippen molar-refractivity contribution in [2.45, 2.75) is 38.8 Å². The Morgan fingerprint density at radius 2 is 1.53 bits per heavy atom. The Morgan fingerprint density at radius 1 is 0.842 bits per heavy atom. The van der Waals surface area contributed by atoms with Crippen LogP contribution in [0.3, 0.4) is 0 Å². The SMILES string of the molecule is CC(C)[Si](c1ccc(-c2ccccn2)nc1)C(C)C. The summed E-state index contributed by atoms with van der Waals surface area (Å²) in [6.07, 6.45) is 3.86. The van der Waals surface area contributed by atoms with E-state index in [4.69, 9.17) is 0 Å². The normalized spacial score (nSPS) is 11.5. The molecule has 1 radical (unpaired) electrons. The fourth-order valence-electron chi connectivity index (χ4n) is 2.56. The topological polar surface area (TPSA) is 25.8 Å². The molecule has 19 heavy (non-hydrogen) atoms. The molecule has 0 N–H and O–H groups in total. The molecule has 0 amide bonds. The van der Waals surface area contributed by atoms with Gasteiger partial charge in [0.05, 0.1) is 20.2 Å².